The van der Waals surface area contributed by atoms with Crippen LogP contribution >= 0.6 is 0 Å². The van der Waals surface area contributed by atoms with Crippen molar-refractivity contribution >= 4 is 34.1 Å². The Labute approximate surface area is 303 Å². The van der Waals surface area contributed by atoms with Crippen LogP contribution in [0.1, 0.15) is 72.9 Å². The lowest BCUT2D eigenvalue weighted by molar-refractivity contribution is -0.134. The number of piperidine rings is 3. The number of aromatic amines is 2. The quantitative estimate of drug-likeness (QED) is 0.216. The summed E-state index contributed by atoms with van der Waals surface area (Å²) in [5, 5.41) is 17.6. The van der Waals surface area contributed by atoms with Gasteiger partial charge in [-0.1, -0.05) is 24.3 Å². The first kappa shape index (κ1) is 35.5. The Balaban J connectivity index is 0.000000187. The molecule has 3 aliphatic rings. The van der Waals surface area contributed by atoms with E-state index in [9.17, 15) is 14.4 Å². The maximum atomic E-state index is 13.0. The Morgan fingerprint density at radius 1 is 0.962 bits per heavy atom. The van der Waals surface area contributed by atoms with Gasteiger partial charge in [0.2, 0.25) is 12.3 Å². The van der Waals surface area contributed by atoms with Gasteiger partial charge in [0, 0.05) is 61.7 Å². The van der Waals surface area contributed by atoms with Crippen molar-refractivity contribution in [3.63, 3.8) is 0 Å². The lowest BCUT2D eigenvalue weighted by atomic mass is 9.90. The molecule has 1 unspecified atom stereocenters. The molecule has 0 radical (unpaired) electrons. The molecule has 52 heavy (non-hydrogen) atoms. The molecule has 8 rings (SSSR count). The smallest absolute Gasteiger partial charge is 0.251 e. The predicted molar refractivity (Wildman–Crippen MR) is 201 cm³/mol. The second-order valence-electron chi connectivity index (χ2n) is 14.8. The van der Waals surface area contributed by atoms with Gasteiger partial charge in [0.05, 0.1) is 17.8 Å². The molecule has 13 nitrogen and oxygen atoms in total. The number of rotatable bonds is 7. The van der Waals surface area contributed by atoms with Crippen molar-refractivity contribution in [2.45, 2.75) is 75.8 Å². The van der Waals surface area contributed by atoms with Crippen LogP contribution < -0.4 is 11.3 Å². The van der Waals surface area contributed by atoms with E-state index in [1.807, 2.05) is 53.0 Å². The highest BCUT2D eigenvalue weighted by molar-refractivity contribution is 5.84. The van der Waals surface area contributed by atoms with Gasteiger partial charge in [0.1, 0.15) is 12.2 Å². The number of carbonyl (C=O) groups is 2. The molecule has 0 saturated carbocycles. The fourth-order valence-electron chi connectivity index (χ4n) is 8.43. The van der Waals surface area contributed by atoms with Gasteiger partial charge < -0.3 is 30.0 Å². The molecule has 0 aliphatic carbocycles. The van der Waals surface area contributed by atoms with E-state index in [1.165, 1.54) is 0 Å². The zero-order chi connectivity index (χ0) is 36.2. The fourth-order valence-corrected chi connectivity index (χ4v) is 8.43. The molecule has 2 aromatic carbocycles. The second kappa shape index (κ2) is 15.8. The maximum absolute atomic E-state index is 13.0. The SMILES string of the molecule is Cc1cc(CC(N)C(=O)N2CCC(N3CCC(c4nncn4C)CC3)CC2)cc2cn[nH]c12.O=CN1CCC(c2cc3ccccc3[nH]c2=O)CC1. The van der Waals surface area contributed by atoms with Crippen molar-refractivity contribution in [1.29, 1.82) is 0 Å². The topological polar surface area (TPSA) is 162 Å². The number of carbonyl (C=O) groups excluding carboxylic acids is 2. The first-order valence-electron chi connectivity index (χ1n) is 18.6. The lowest BCUT2D eigenvalue weighted by Gasteiger charge is -2.42. The van der Waals surface area contributed by atoms with Gasteiger partial charge in [-0.25, -0.2) is 0 Å². The van der Waals surface area contributed by atoms with Crippen molar-refractivity contribution in [3.8, 4) is 0 Å². The molecule has 0 spiro atoms. The first-order valence-corrected chi connectivity index (χ1v) is 18.6. The van der Waals surface area contributed by atoms with Crippen LogP contribution in [0.2, 0.25) is 0 Å². The summed E-state index contributed by atoms with van der Waals surface area (Å²) in [5.41, 5.74) is 11.4. The van der Waals surface area contributed by atoms with Crippen molar-refractivity contribution < 1.29 is 9.59 Å². The monoisotopic (exact) mass is 706 g/mol. The molecule has 1 atom stereocenters. The van der Waals surface area contributed by atoms with Crippen molar-refractivity contribution in [2.75, 3.05) is 39.3 Å². The summed E-state index contributed by atoms with van der Waals surface area (Å²) < 4.78 is 2.04. The Morgan fingerprint density at radius 3 is 2.40 bits per heavy atom. The molecule has 3 fully saturated rings. The number of likely N-dealkylation sites (tertiary alicyclic amines) is 3. The number of hydrogen-bond acceptors (Lipinski definition) is 8. The minimum atomic E-state index is -0.507. The highest BCUT2D eigenvalue weighted by Gasteiger charge is 2.32. The van der Waals surface area contributed by atoms with Crippen LogP contribution in [0.25, 0.3) is 21.8 Å². The molecule has 2 amide bonds. The van der Waals surface area contributed by atoms with Crippen LogP contribution in [0.5, 0.6) is 0 Å². The zero-order valence-corrected chi connectivity index (χ0v) is 30.2. The van der Waals surface area contributed by atoms with Crippen LogP contribution in [0.15, 0.2) is 59.8 Å². The molecular formula is C39H50N10O3. The molecule has 0 bridgehead atoms. The Bertz CT molecular complexity index is 2050. The fraction of sp³-hybridized carbons (Fsp3) is 0.487. The van der Waals surface area contributed by atoms with E-state index in [0.29, 0.717) is 18.4 Å². The number of pyridine rings is 1. The summed E-state index contributed by atoms with van der Waals surface area (Å²) in [6.07, 6.45) is 11.1. The molecule has 13 heteroatoms. The van der Waals surface area contributed by atoms with E-state index in [1.54, 1.807) is 11.2 Å². The van der Waals surface area contributed by atoms with Crippen molar-refractivity contribution in [1.82, 2.24) is 44.6 Å². The summed E-state index contributed by atoms with van der Waals surface area (Å²) in [7, 11) is 2.02. The summed E-state index contributed by atoms with van der Waals surface area (Å²) in [6.45, 7) is 7.29. The molecule has 4 N–H and O–H groups in total. The van der Waals surface area contributed by atoms with Gasteiger partial charge in [-0.2, -0.15) is 5.10 Å². The molecule has 3 aromatic heterocycles. The van der Waals surface area contributed by atoms with E-state index in [0.717, 1.165) is 129 Å². The van der Waals surface area contributed by atoms with Crippen LogP contribution in [0.4, 0.5) is 0 Å². The van der Waals surface area contributed by atoms with Gasteiger partial charge in [-0.05, 0) is 106 Å². The number of fused-ring (bicyclic) bond motifs is 2. The van der Waals surface area contributed by atoms with E-state index in [2.05, 4.69) is 49.3 Å². The number of nitrogens with one attached hydrogen (secondary N) is 2. The number of para-hydroxylation sites is 1. The number of hydrogen-bond donors (Lipinski definition) is 3. The number of benzene rings is 2. The van der Waals surface area contributed by atoms with Gasteiger partial charge >= 0.3 is 0 Å². The summed E-state index contributed by atoms with van der Waals surface area (Å²) in [4.78, 5) is 45.2. The number of amides is 2. The van der Waals surface area contributed by atoms with E-state index >= 15 is 0 Å². The average Bonchev–Trinajstić information content (AvgIpc) is 3.84. The third-order valence-electron chi connectivity index (χ3n) is 11.4. The molecule has 3 saturated heterocycles. The summed E-state index contributed by atoms with van der Waals surface area (Å²) in [6, 6.07) is 14.0. The number of nitrogens with zero attached hydrogens (tertiary/aromatic N) is 7. The van der Waals surface area contributed by atoms with Crippen LogP contribution in [0.3, 0.4) is 0 Å². The first-order chi connectivity index (χ1) is 25.3. The molecule has 274 valence electrons. The second-order valence-corrected chi connectivity index (χ2v) is 14.8. The average molecular weight is 707 g/mol. The lowest BCUT2D eigenvalue weighted by Crippen LogP contribution is -2.52. The molecule has 5 aromatic rings. The largest absolute Gasteiger partial charge is 0.345 e. The minimum Gasteiger partial charge on any atom is -0.345 e. The molecule has 3 aliphatic heterocycles. The van der Waals surface area contributed by atoms with Crippen LogP contribution in [-0.2, 0) is 23.1 Å². The number of aryl methyl sites for hydroxylation is 2. The van der Waals surface area contributed by atoms with Crippen molar-refractivity contribution in [2.24, 2.45) is 12.8 Å². The van der Waals surface area contributed by atoms with Gasteiger partial charge in [-0.15, -0.1) is 10.2 Å². The minimum absolute atomic E-state index is 0.00301. The predicted octanol–water partition coefficient (Wildman–Crippen LogP) is 3.60. The highest BCUT2D eigenvalue weighted by atomic mass is 16.2. The van der Waals surface area contributed by atoms with Crippen LogP contribution in [-0.4, -0.2) is 108 Å². The molecule has 6 heterocycles. The normalized spacial score (nSPS) is 18.8. The molecular weight excluding hydrogens is 656 g/mol. The van der Waals surface area contributed by atoms with Gasteiger partial charge in [-0.3, -0.25) is 19.5 Å². The third kappa shape index (κ3) is 7.80. The van der Waals surface area contributed by atoms with E-state index < -0.39 is 6.04 Å². The Morgan fingerprint density at radius 2 is 1.69 bits per heavy atom. The number of nitrogens with two attached hydrogens (primary N) is 1. The maximum Gasteiger partial charge on any atom is 0.251 e. The van der Waals surface area contributed by atoms with Gasteiger partial charge in [0.15, 0.2) is 0 Å². The van der Waals surface area contributed by atoms with E-state index in [4.69, 9.17) is 5.73 Å². The number of H-pyrrole nitrogens is 2. The Kier molecular flexibility index (Phi) is 10.8. The standard InChI is InChI=1S/C24H34N8O.C15H16N2O2/c1-16-11-17(12-19-14-26-28-22(16)19)13-21(25)24(33)32-9-5-20(6-10-32)31-7-3-18(4-8-31)23-29-27-15-30(23)2;18-10-17-7-5-11(6-8-17)13-9-12-3-1-2-4-14(12)16-15(13)19/h11-12,14-15,18,20-21H,3-10,13,25H2,1-2H3,(H,26,28);1-4,9-11H,5-8H2,(H,16,19). The summed E-state index contributed by atoms with van der Waals surface area (Å²) in [5.74, 6) is 1.92. The highest BCUT2D eigenvalue weighted by Crippen LogP contribution is 2.30. The summed E-state index contributed by atoms with van der Waals surface area (Å²) >= 11 is 0. The Hall–Kier alpha value is -4.88. The number of aromatic nitrogens is 6. The van der Waals surface area contributed by atoms with Gasteiger partial charge in [0.25, 0.3) is 5.56 Å². The third-order valence-corrected chi connectivity index (χ3v) is 11.4. The van der Waals surface area contributed by atoms with Crippen molar-refractivity contribution in [3.05, 3.63) is 87.9 Å². The zero-order valence-electron chi connectivity index (χ0n) is 30.2. The van der Waals surface area contributed by atoms with Crippen LogP contribution in [0, 0.1) is 6.92 Å². The van der Waals surface area contributed by atoms with E-state index in [-0.39, 0.29) is 17.4 Å².